The van der Waals surface area contributed by atoms with E-state index in [2.05, 4.69) is 21.0 Å². The minimum Gasteiger partial charge on any atom is -0.494 e. The number of morpholine rings is 1. The number of anilines is 1. The van der Waals surface area contributed by atoms with Gasteiger partial charge in [0.25, 0.3) is 15.9 Å². The van der Waals surface area contributed by atoms with Gasteiger partial charge in [0.2, 0.25) is 0 Å². The van der Waals surface area contributed by atoms with Crippen LogP contribution in [0.15, 0.2) is 70.9 Å². The van der Waals surface area contributed by atoms with E-state index in [0.717, 1.165) is 13.1 Å². The number of hydrogen-bond donors (Lipinski definition) is 2. The minimum absolute atomic E-state index is 0.0702. The fourth-order valence-corrected chi connectivity index (χ4v) is 5.78. The van der Waals surface area contributed by atoms with Gasteiger partial charge in [0.05, 0.1) is 30.8 Å². The van der Waals surface area contributed by atoms with E-state index in [1.54, 1.807) is 35.6 Å². The number of sulfonamides is 1. The molecule has 0 saturated carbocycles. The Morgan fingerprint density at radius 2 is 1.80 bits per heavy atom. The summed E-state index contributed by atoms with van der Waals surface area (Å²) in [5.41, 5.74) is 0.829. The third kappa shape index (κ3) is 6.61. The molecule has 8 nitrogen and oxygen atoms in total. The first-order valence-electron chi connectivity index (χ1n) is 11.5. The number of benzene rings is 2. The highest BCUT2D eigenvalue weighted by molar-refractivity contribution is 7.92. The standard InChI is InChI=1S/C25H29N3O5S2/c1-2-33-21-9-7-20(8-10-21)27-35(30,31)22-11-5-19(6-12-22)25(29)26-18-23(24-4-3-17-34-24)28-13-15-32-16-14-28/h3-12,17,23,27H,2,13-16,18H2,1H3,(H,26,29). The maximum Gasteiger partial charge on any atom is 0.261 e. The largest absolute Gasteiger partial charge is 0.494 e. The number of nitrogens with zero attached hydrogens (tertiary/aromatic N) is 1. The molecule has 4 rings (SSSR count). The molecule has 1 amide bonds. The third-order valence-electron chi connectivity index (χ3n) is 5.66. The fourth-order valence-electron chi connectivity index (χ4n) is 3.86. The number of ether oxygens (including phenoxy) is 2. The summed E-state index contributed by atoms with van der Waals surface area (Å²) in [6, 6.07) is 16.8. The van der Waals surface area contributed by atoms with Crippen molar-refractivity contribution in [1.29, 1.82) is 0 Å². The van der Waals surface area contributed by atoms with Crippen LogP contribution in [0.3, 0.4) is 0 Å². The van der Waals surface area contributed by atoms with E-state index in [-0.39, 0.29) is 16.8 Å². The van der Waals surface area contributed by atoms with Gasteiger partial charge in [-0.15, -0.1) is 11.3 Å². The van der Waals surface area contributed by atoms with Crippen LogP contribution in [-0.2, 0) is 14.8 Å². The molecule has 0 radical (unpaired) electrons. The molecule has 1 saturated heterocycles. The first-order valence-corrected chi connectivity index (χ1v) is 13.8. The Morgan fingerprint density at radius 1 is 1.09 bits per heavy atom. The van der Waals surface area contributed by atoms with E-state index in [1.807, 2.05) is 18.4 Å². The van der Waals surface area contributed by atoms with Gasteiger partial charge >= 0.3 is 0 Å². The van der Waals surface area contributed by atoms with Crippen molar-refractivity contribution < 1.29 is 22.7 Å². The van der Waals surface area contributed by atoms with Crippen LogP contribution in [0.1, 0.15) is 28.2 Å². The number of amides is 1. The first kappa shape index (κ1) is 25.2. The second-order valence-corrected chi connectivity index (χ2v) is 10.6. The van der Waals surface area contributed by atoms with Gasteiger partial charge in [-0.05, 0) is 66.9 Å². The van der Waals surface area contributed by atoms with Crippen LogP contribution in [-0.4, -0.2) is 58.7 Å². The normalized spacial score (nSPS) is 15.3. The maximum atomic E-state index is 12.8. The van der Waals surface area contributed by atoms with Crippen LogP contribution in [0.4, 0.5) is 5.69 Å². The van der Waals surface area contributed by atoms with E-state index in [9.17, 15) is 13.2 Å². The molecule has 10 heteroatoms. The highest BCUT2D eigenvalue weighted by Gasteiger charge is 2.24. The number of rotatable bonds is 10. The van der Waals surface area contributed by atoms with Crippen LogP contribution in [0.5, 0.6) is 5.75 Å². The average Bonchev–Trinajstić information content (AvgIpc) is 3.41. The Hall–Kier alpha value is -2.92. The van der Waals surface area contributed by atoms with Crippen LogP contribution in [0.2, 0.25) is 0 Å². The molecule has 0 aliphatic carbocycles. The summed E-state index contributed by atoms with van der Waals surface area (Å²) >= 11 is 1.67. The highest BCUT2D eigenvalue weighted by Crippen LogP contribution is 2.26. The highest BCUT2D eigenvalue weighted by atomic mass is 32.2. The van der Waals surface area contributed by atoms with Crippen molar-refractivity contribution in [3.8, 4) is 5.75 Å². The van der Waals surface area contributed by atoms with Crippen LogP contribution in [0.25, 0.3) is 0 Å². The lowest BCUT2D eigenvalue weighted by molar-refractivity contribution is 0.0169. The lowest BCUT2D eigenvalue weighted by Gasteiger charge is -2.34. The second-order valence-electron chi connectivity index (χ2n) is 7.98. The zero-order valence-electron chi connectivity index (χ0n) is 19.5. The molecule has 1 aliphatic heterocycles. The molecule has 1 aromatic heterocycles. The molecular weight excluding hydrogens is 486 g/mol. The van der Waals surface area contributed by atoms with Gasteiger partial charge in [0.1, 0.15) is 5.75 Å². The Bertz CT molecular complexity index is 1190. The topological polar surface area (TPSA) is 97.0 Å². The molecule has 2 heterocycles. The predicted molar refractivity (Wildman–Crippen MR) is 137 cm³/mol. The SMILES string of the molecule is CCOc1ccc(NS(=O)(=O)c2ccc(C(=O)NCC(c3cccs3)N3CCOCC3)cc2)cc1. The minimum atomic E-state index is -3.79. The number of nitrogens with one attached hydrogen (secondary N) is 2. The van der Waals surface area contributed by atoms with Gasteiger partial charge in [0.15, 0.2) is 0 Å². The summed E-state index contributed by atoms with van der Waals surface area (Å²) in [6.07, 6.45) is 0. The van der Waals surface area contributed by atoms with Crippen molar-refractivity contribution in [2.45, 2.75) is 17.9 Å². The van der Waals surface area contributed by atoms with Crippen molar-refractivity contribution in [3.05, 3.63) is 76.5 Å². The van der Waals surface area contributed by atoms with Gasteiger partial charge in [-0.1, -0.05) is 6.07 Å². The van der Waals surface area contributed by atoms with Crippen LogP contribution >= 0.6 is 11.3 Å². The van der Waals surface area contributed by atoms with Crippen molar-refractivity contribution in [1.82, 2.24) is 10.2 Å². The summed E-state index contributed by atoms with van der Waals surface area (Å²) in [5, 5.41) is 5.04. The molecule has 1 atom stereocenters. The molecule has 1 aliphatic rings. The summed E-state index contributed by atoms with van der Waals surface area (Å²) < 4.78 is 38.9. The lowest BCUT2D eigenvalue weighted by atomic mass is 10.1. The van der Waals surface area contributed by atoms with Crippen molar-refractivity contribution in [2.24, 2.45) is 0 Å². The molecule has 3 aromatic rings. The van der Waals surface area contributed by atoms with Gasteiger partial charge in [0, 0.05) is 35.8 Å². The zero-order chi connectivity index (χ0) is 24.7. The Labute approximate surface area is 209 Å². The quantitative estimate of drug-likeness (QED) is 0.427. The van der Waals surface area contributed by atoms with Crippen LogP contribution in [0, 0.1) is 0 Å². The van der Waals surface area contributed by atoms with Crippen LogP contribution < -0.4 is 14.8 Å². The van der Waals surface area contributed by atoms with E-state index in [4.69, 9.17) is 9.47 Å². The van der Waals surface area contributed by atoms with Gasteiger partial charge in [-0.25, -0.2) is 8.42 Å². The van der Waals surface area contributed by atoms with Crippen molar-refractivity contribution in [3.63, 3.8) is 0 Å². The lowest BCUT2D eigenvalue weighted by Crippen LogP contribution is -2.43. The fraction of sp³-hybridized carbons (Fsp3) is 0.320. The zero-order valence-corrected chi connectivity index (χ0v) is 21.1. The third-order valence-corrected chi connectivity index (χ3v) is 8.03. The maximum absolute atomic E-state index is 12.8. The molecule has 1 unspecified atom stereocenters. The van der Waals surface area contributed by atoms with E-state index < -0.39 is 10.0 Å². The van der Waals surface area contributed by atoms with E-state index in [1.165, 1.54) is 29.1 Å². The van der Waals surface area contributed by atoms with Gasteiger partial charge in [-0.3, -0.25) is 14.4 Å². The summed E-state index contributed by atoms with van der Waals surface area (Å²) in [5.74, 6) is 0.420. The van der Waals surface area contributed by atoms with Gasteiger partial charge < -0.3 is 14.8 Å². The molecule has 35 heavy (non-hydrogen) atoms. The number of hydrogen-bond acceptors (Lipinski definition) is 7. The Kier molecular flexibility index (Phi) is 8.40. The van der Waals surface area contributed by atoms with E-state index >= 15 is 0 Å². The Balaban J connectivity index is 1.38. The Morgan fingerprint density at radius 3 is 2.43 bits per heavy atom. The second kappa shape index (κ2) is 11.7. The molecule has 1 fully saturated rings. The number of thiophene rings is 1. The predicted octanol–water partition coefficient (Wildman–Crippen LogP) is 3.75. The molecular formula is C25H29N3O5S2. The first-order chi connectivity index (χ1) is 17.0. The summed E-state index contributed by atoms with van der Waals surface area (Å²) in [4.78, 5) is 16.4. The molecule has 186 valence electrons. The summed E-state index contributed by atoms with van der Waals surface area (Å²) in [6.45, 7) is 5.85. The smallest absolute Gasteiger partial charge is 0.261 e. The average molecular weight is 516 g/mol. The molecule has 2 N–H and O–H groups in total. The molecule has 0 bridgehead atoms. The summed E-state index contributed by atoms with van der Waals surface area (Å²) in [7, 11) is -3.79. The van der Waals surface area contributed by atoms with Crippen molar-refractivity contribution >= 4 is 33.0 Å². The van der Waals surface area contributed by atoms with E-state index in [0.29, 0.717) is 43.4 Å². The number of carbonyl (C=O) groups excluding carboxylic acids is 1. The molecule has 0 spiro atoms. The monoisotopic (exact) mass is 515 g/mol. The van der Waals surface area contributed by atoms with Crippen molar-refractivity contribution in [2.75, 3.05) is 44.2 Å². The van der Waals surface area contributed by atoms with Gasteiger partial charge in [-0.2, -0.15) is 0 Å². The number of carbonyl (C=O) groups is 1. The molecule has 2 aromatic carbocycles.